The summed E-state index contributed by atoms with van der Waals surface area (Å²) in [5.74, 6) is 1.06. The molecule has 0 spiro atoms. The molecule has 0 radical (unpaired) electrons. The number of anilines is 1. The van der Waals surface area contributed by atoms with E-state index in [0.29, 0.717) is 23.2 Å². The van der Waals surface area contributed by atoms with Gasteiger partial charge in [-0.1, -0.05) is 0 Å². The summed E-state index contributed by atoms with van der Waals surface area (Å²) >= 11 is 1.36. The van der Waals surface area contributed by atoms with Gasteiger partial charge in [-0.2, -0.15) is 0 Å². The lowest BCUT2D eigenvalue weighted by Gasteiger charge is -2.15. The van der Waals surface area contributed by atoms with Crippen molar-refractivity contribution < 1.29 is 23.7 Å². The Labute approximate surface area is 162 Å². The minimum Gasteiger partial charge on any atom is -0.493 e. The van der Waals surface area contributed by atoms with E-state index in [4.69, 9.17) is 18.9 Å². The smallest absolute Gasteiger partial charge is 0.254 e. The van der Waals surface area contributed by atoms with E-state index in [-0.39, 0.29) is 12.0 Å². The summed E-state index contributed by atoms with van der Waals surface area (Å²) < 4.78 is 21.7. The Bertz CT molecular complexity index is 773. The number of thiazole rings is 1. The van der Waals surface area contributed by atoms with Crippen molar-refractivity contribution in [1.82, 2.24) is 4.98 Å². The molecule has 1 aromatic heterocycles. The zero-order valence-electron chi connectivity index (χ0n) is 15.7. The summed E-state index contributed by atoms with van der Waals surface area (Å²) in [4.78, 5) is 16.8. The molecule has 1 aliphatic heterocycles. The number of carbonyl (C=O) groups excluding carboxylic acids is 1. The Kier molecular flexibility index (Phi) is 6.65. The van der Waals surface area contributed by atoms with Crippen LogP contribution in [0.2, 0.25) is 0 Å². The largest absolute Gasteiger partial charge is 0.493 e. The molecule has 2 aromatic rings. The van der Waals surface area contributed by atoms with Crippen molar-refractivity contribution in [2.24, 2.45) is 0 Å². The molecule has 0 aliphatic carbocycles. The number of benzene rings is 1. The summed E-state index contributed by atoms with van der Waals surface area (Å²) in [6.45, 7) is 2.93. The molecule has 27 heavy (non-hydrogen) atoms. The number of hydrogen-bond acceptors (Lipinski definition) is 7. The van der Waals surface area contributed by atoms with Crippen LogP contribution < -0.4 is 14.8 Å². The molecule has 2 atom stereocenters. The number of ether oxygens (including phenoxy) is 4. The van der Waals surface area contributed by atoms with Crippen LogP contribution >= 0.6 is 11.3 Å². The molecule has 7 nitrogen and oxygen atoms in total. The van der Waals surface area contributed by atoms with E-state index in [1.165, 1.54) is 11.3 Å². The number of methoxy groups -OCH3 is 2. The Morgan fingerprint density at radius 2 is 2.19 bits per heavy atom. The maximum absolute atomic E-state index is 12.3. The Morgan fingerprint density at radius 3 is 2.89 bits per heavy atom. The van der Waals surface area contributed by atoms with E-state index in [0.717, 1.165) is 30.7 Å². The molecule has 2 unspecified atom stereocenters. The predicted octanol–water partition coefficient (Wildman–Crippen LogP) is 3.35. The van der Waals surface area contributed by atoms with Crippen molar-refractivity contribution >= 4 is 22.4 Å². The van der Waals surface area contributed by atoms with Gasteiger partial charge in [0.15, 0.2) is 16.6 Å². The average Bonchev–Trinajstić information content (AvgIpc) is 3.37. The van der Waals surface area contributed by atoms with Gasteiger partial charge in [-0.25, -0.2) is 4.98 Å². The lowest BCUT2D eigenvalue weighted by molar-refractivity contribution is -0.128. The fourth-order valence-electron chi connectivity index (χ4n) is 2.77. The van der Waals surface area contributed by atoms with Crippen LogP contribution in [-0.2, 0) is 14.3 Å². The van der Waals surface area contributed by atoms with Crippen LogP contribution in [0.4, 0.5) is 5.13 Å². The molecule has 3 rings (SSSR count). The number of aromatic nitrogens is 1. The highest BCUT2D eigenvalue weighted by Crippen LogP contribution is 2.33. The number of carbonyl (C=O) groups is 1. The predicted molar refractivity (Wildman–Crippen MR) is 104 cm³/mol. The standard InChI is InChI=1S/C19H24N2O5S/c1-12(26-10-14-5-4-8-25-14)18(22)21-19-20-15(11-27-19)13-6-7-16(23-2)17(9-13)24-3/h6-7,9,11-12,14H,4-5,8,10H2,1-3H3,(H,20,21,22). The first-order chi connectivity index (χ1) is 13.1. The molecule has 1 fully saturated rings. The molecular formula is C19H24N2O5S. The summed E-state index contributed by atoms with van der Waals surface area (Å²) in [5.41, 5.74) is 1.64. The third kappa shape index (κ3) is 4.97. The van der Waals surface area contributed by atoms with Gasteiger partial charge in [0.2, 0.25) is 0 Å². The highest BCUT2D eigenvalue weighted by atomic mass is 32.1. The Balaban J connectivity index is 1.59. The van der Waals surface area contributed by atoms with E-state index < -0.39 is 6.10 Å². The highest BCUT2D eigenvalue weighted by Gasteiger charge is 2.20. The number of hydrogen-bond donors (Lipinski definition) is 1. The minimum absolute atomic E-state index is 0.0942. The summed E-state index contributed by atoms with van der Waals surface area (Å²) in [6.07, 6.45) is 1.56. The maximum atomic E-state index is 12.3. The van der Waals surface area contributed by atoms with E-state index in [2.05, 4.69) is 10.3 Å². The van der Waals surface area contributed by atoms with Crippen LogP contribution in [0, 0.1) is 0 Å². The molecule has 1 aliphatic rings. The van der Waals surface area contributed by atoms with E-state index >= 15 is 0 Å². The number of nitrogens with one attached hydrogen (secondary N) is 1. The third-order valence-corrected chi connectivity index (χ3v) is 5.10. The quantitative estimate of drug-likeness (QED) is 0.742. The summed E-state index contributed by atoms with van der Waals surface area (Å²) in [7, 11) is 3.18. The first-order valence-corrected chi connectivity index (χ1v) is 9.70. The van der Waals surface area contributed by atoms with Crippen molar-refractivity contribution in [2.45, 2.75) is 32.0 Å². The first-order valence-electron chi connectivity index (χ1n) is 8.82. The third-order valence-electron chi connectivity index (χ3n) is 4.34. The highest BCUT2D eigenvalue weighted by molar-refractivity contribution is 7.14. The SMILES string of the molecule is COc1ccc(-c2csc(NC(=O)C(C)OCC3CCCO3)n2)cc1OC. The number of nitrogens with zero attached hydrogens (tertiary/aromatic N) is 1. The maximum Gasteiger partial charge on any atom is 0.254 e. The van der Waals surface area contributed by atoms with Gasteiger partial charge in [-0.05, 0) is 38.0 Å². The van der Waals surface area contributed by atoms with E-state index in [9.17, 15) is 4.79 Å². The molecule has 2 heterocycles. The normalized spacial score (nSPS) is 17.5. The summed E-state index contributed by atoms with van der Waals surface area (Å²) in [6, 6.07) is 5.58. The van der Waals surface area contributed by atoms with E-state index in [1.54, 1.807) is 21.1 Å². The molecule has 0 saturated carbocycles. The first kappa shape index (κ1) is 19.6. The van der Waals surface area contributed by atoms with Crippen LogP contribution in [0.15, 0.2) is 23.6 Å². The monoisotopic (exact) mass is 392 g/mol. The van der Waals surface area contributed by atoms with Crippen molar-refractivity contribution in [2.75, 3.05) is 32.8 Å². The zero-order valence-corrected chi connectivity index (χ0v) is 16.5. The fraction of sp³-hybridized carbons (Fsp3) is 0.474. The van der Waals surface area contributed by atoms with Gasteiger partial charge in [0.1, 0.15) is 6.10 Å². The van der Waals surface area contributed by atoms with Crippen LogP contribution in [0.5, 0.6) is 11.5 Å². The molecule has 1 N–H and O–H groups in total. The van der Waals surface area contributed by atoms with Gasteiger partial charge < -0.3 is 18.9 Å². The van der Waals surface area contributed by atoms with Crippen molar-refractivity contribution in [3.8, 4) is 22.8 Å². The van der Waals surface area contributed by atoms with Gasteiger partial charge in [0.25, 0.3) is 5.91 Å². The van der Waals surface area contributed by atoms with Gasteiger partial charge in [-0.15, -0.1) is 11.3 Å². The van der Waals surface area contributed by atoms with Gasteiger partial charge in [0, 0.05) is 17.6 Å². The van der Waals surface area contributed by atoms with Crippen molar-refractivity contribution in [3.05, 3.63) is 23.6 Å². The van der Waals surface area contributed by atoms with Gasteiger partial charge in [0.05, 0.1) is 32.6 Å². The molecule has 0 bridgehead atoms. The fourth-order valence-corrected chi connectivity index (χ4v) is 3.49. The number of rotatable bonds is 8. The van der Waals surface area contributed by atoms with Gasteiger partial charge >= 0.3 is 0 Å². The molecule has 1 amide bonds. The molecule has 146 valence electrons. The van der Waals surface area contributed by atoms with Crippen LogP contribution in [0.25, 0.3) is 11.3 Å². The lowest BCUT2D eigenvalue weighted by atomic mass is 10.1. The zero-order chi connectivity index (χ0) is 19.2. The van der Waals surface area contributed by atoms with Crippen LogP contribution in [0.3, 0.4) is 0 Å². The van der Waals surface area contributed by atoms with E-state index in [1.807, 2.05) is 23.6 Å². The van der Waals surface area contributed by atoms with Crippen molar-refractivity contribution in [1.29, 1.82) is 0 Å². The second-order valence-electron chi connectivity index (χ2n) is 6.21. The molecule has 1 aromatic carbocycles. The number of amides is 1. The molecular weight excluding hydrogens is 368 g/mol. The van der Waals surface area contributed by atoms with Crippen molar-refractivity contribution in [3.63, 3.8) is 0 Å². The van der Waals surface area contributed by atoms with Gasteiger partial charge in [-0.3, -0.25) is 10.1 Å². The average molecular weight is 392 g/mol. The van der Waals surface area contributed by atoms with Crippen LogP contribution in [-0.4, -0.2) is 50.5 Å². The topological polar surface area (TPSA) is 78.9 Å². The minimum atomic E-state index is -0.567. The molecule has 1 saturated heterocycles. The second kappa shape index (κ2) is 9.16. The van der Waals surface area contributed by atoms with Crippen LogP contribution in [0.1, 0.15) is 19.8 Å². The Morgan fingerprint density at radius 1 is 1.37 bits per heavy atom. The summed E-state index contributed by atoms with van der Waals surface area (Å²) in [5, 5.41) is 5.21. The molecule has 8 heteroatoms. The Hall–Kier alpha value is -2.16. The lowest BCUT2D eigenvalue weighted by Crippen LogP contribution is -2.30. The second-order valence-corrected chi connectivity index (χ2v) is 7.07.